The molecule has 0 spiro atoms. The Bertz CT molecular complexity index is 325. The first kappa shape index (κ1) is 10.9. The molecule has 1 aromatic carbocycles. The molecule has 0 N–H and O–H groups in total. The minimum Gasteiger partial charge on any atom is -0.115 e. The van der Waals surface area contributed by atoms with Gasteiger partial charge >= 0.3 is 0 Å². The van der Waals surface area contributed by atoms with E-state index in [0.29, 0.717) is 5.92 Å². The van der Waals surface area contributed by atoms with Crippen LogP contribution in [-0.2, 0) is 0 Å². The van der Waals surface area contributed by atoms with Gasteiger partial charge in [-0.05, 0) is 17.0 Å². The third kappa shape index (κ3) is 1.99. The van der Waals surface area contributed by atoms with E-state index in [4.69, 9.17) is 6.42 Å². The van der Waals surface area contributed by atoms with Crippen LogP contribution in [0.4, 0.5) is 0 Å². The molecule has 0 fully saturated rings. The van der Waals surface area contributed by atoms with Gasteiger partial charge in [-0.3, -0.25) is 0 Å². The topological polar surface area (TPSA) is 0 Å². The van der Waals surface area contributed by atoms with E-state index in [1.807, 2.05) is 0 Å². The number of rotatable bonds is 2. The summed E-state index contributed by atoms with van der Waals surface area (Å²) >= 11 is 0. The Hall–Kier alpha value is -1.22. The lowest BCUT2D eigenvalue weighted by atomic mass is 9.89. The Balaban J connectivity index is 3.34. The Labute approximate surface area is 87.4 Å². The van der Waals surface area contributed by atoms with Crippen LogP contribution in [0.1, 0.15) is 50.3 Å². The molecule has 0 unspecified atom stereocenters. The van der Waals surface area contributed by atoms with E-state index in [9.17, 15) is 0 Å². The van der Waals surface area contributed by atoms with Gasteiger partial charge in [-0.2, -0.15) is 0 Å². The fraction of sp³-hybridized carbons (Fsp3) is 0.357. The van der Waals surface area contributed by atoms with Gasteiger partial charge < -0.3 is 0 Å². The average Bonchev–Trinajstić information content (AvgIpc) is 2.16. The van der Waals surface area contributed by atoms with Gasteiger partial charge in [0, 0.05) is 11.5 Å². The normalized spacial score (nSPS) is 10.6. The SMILES string of the molecule is C#Cc1c([C](C)C)cccc1C(C)C. The van der Waals surface area contributed by atoms with Crippen LogP contribution in [-0.4, -0.2) is 0 Å². The summed E-state index contributed by atoms with van der Waals surface area (Å²) in [7, 11) is 0. The molecule has 0 aliphatic rings. The monoisotopic (exact) mass is 185 g/mol. The van der Waals surface area contributed by atoms with Crippen LogP contribution in [0.2, 0.25) is 0 Å². The van der Waals surface area contributed by atoms with Crippen molar-refractivity contribution in [3.63, 3.8) is 0 Å². The van der Waals surface area contributed by atoms with Crippen LogP contribution in [0.15, 0.2) is 18.2 Å². The zero-order chi connectivity index (χ0) is 10.7. The smallest absolute Gasteiger partial charge is 0.0315 e. The molecule has 1 aromatic rings. The number of hydrogen-bond donors (Lipinski definition) is 0. The molecule has 0 nitrogen and oxygen atoms in total. The van der Waals surface area contributed by atoms with Crippen molar-refractivity contribution >= 4 is 0 Å². The van der Waals surface area contributed by atoms with Crippen LogP contribution >= 0.6 is 0 Å². The first-order chi connectivity index (χ1) is 6.57. The summed E-state index contributed by atoms with van der Waals surface area (Å²) in [4.78, 5) is 0. The maximum absolute atomic E-state index is 5.56. The van der Waals surface area contributed by atoms with E-state index in [2.05, 4.69) is 51.8 Å². The molecule has 0 aliphatic heterocycles. The van der Waals surface area contributed by atoms with Gasteiger partial charge in [0.25, 0.3) is 0 Å². The fourth-order valence-corrected chi connectivity index (χ4v) is 1.63. The Morgan fingerprint density at radius 3 is 2.36 bits per heavy atom. The number of benzene rings is 1. The van der Waals surface area contributed by atoms with Gasteiger partial charge in [-0.25, -0.2) is 0 Å². The van der Waals surface area contributed by atoms with Gasteiger partial charge in [0.05, 0.1) is 0 Å². The van der Waals surface area contributed by atoms with Crippen LogP contribution in [0.5, 0.6) is 0 Å². The second kappa shape index (κ2) is 4.33. The molecule has 0 saturated heterocycles. The molecule has 0 heterocycles. The summed E-state index contributed by atoms with van der Waals surface area (Å²) in [6.07, 6.45) is 5.56. The number of hydrogen-bond acceptors (Lipinski definition) is 0. The highest BCUT2D eigenvalue weighted by atomic mass is 14.1. The summed E-state index contributed by atoms with van der Waals surface area (Å²) in [5, 5.41) is 0. The molecule has 1 rings (SSSR count). The first-order valence-corrected chi connectivity index (χ1v) is 4.98. The van der Waals surface area contributed by atoms with Crippen molar-refractivity contribution in [2.75, 3.05) is 0 Å². The van der Waals surface area contributed by atoms with Crippen molar-refractivity contribution in [2.45, 2.75) is 33.6 Å². The van der Waals surface area contributed by atoms with E-state index < -0.39 is 0 Å². The summed E-state index contributed by atoms with van der Waals surface area (Å²) in [6.45, 7) is 8.54. The Kier molecular flexibility index (Phi) is 3.36. The van der Waals surface area contributed by atoms with Crippen molar-refractivity contribution in [1.29, 1.82) is 0 Å². The largest absolute Gasteiger partial charge is 0.115 e. The molecule has 0 heteroatoms. The third-order valence-electron chi connectivity index (χ3n) is 2.40. The molecule has 0 bridgehead atoms. The summed E-state index contributed by atoms with van der Waals surface area (Å²) < 4.78 is 0. The molecule has 0 saturated carbocycles. The minimum absolute atomic E-state index is 0.486. The van der Waals surface area contributed by atoms with Crippen LogP contribution in [0, 0.1) is 18.3 Å². The van der Waals surface area contributed by atoms with E-state index >= 15 is 0 Å². The second-order valence-electron chi connectivity index (χ2n) is 4.07. The van der Waals surface area contributed by atoms with Crippen molar-refractivity contribution in [3.8, 4) is 12.3 Å². The van der Waals surface area contributed by atoms with E-state index in [-0.39, 0.29) is 0 Å². The van der Waals surface area contributed by atoms with Crippen LogP contribution in [0.3, 0.4) is 0 Å². The third-order valence-corrected chi connectivity index (χ3v) is 2.40. The van der Waals surface area contributed by atoms with Crippen LogP contribution in [0.25, 0.3) is 0 Å². The Morgan fingerprint density at radius 1 is 1.29 bits per heavy atom. The van der Waals surface area contributed by atoms with Crippen molar-refractivity contribution in [3.05, 3.63) is 40.8 Å². The van der Waals surface area contributed by atoms with E-state index in [1.165, 1.54) is 17.0 Å². The van der Waals surface area contributed by atoms with Gasteiger partial charge in [0.15, 0.2) is 0 Å². The lowest BCUT2D eigenvalue weighted by Crippen LogP contribution is -2.00. The maximum atomic E-state index is 5.56. The molecular weight excluding hydrogens is 168 g/mol. The lowest BCUT2D eigenvalue weighted by molar-refractivity contribution is 0.859. The quantitative estimate of drug-likeness (QED) is 0.615. The van der Waals surface area contributed by atoms with Gasteiger partial charge in [-0.15, -0.1) is 6.42 Å². The molecule has 14 heavy (non-hydrogen) atoms. The zero-order valence-electron chi connectivity index (χ0n) is 9.39. The number of terminal acetylenes is 1. The van der Waals surface area contributed by atoms with E-state index in [1.54, 1.807) is 0 Å². The molecule has 0 atom stereocenters. The Morgan fingerprint density at radius 2 is 1.93 bits per heavy atom. The maximum Gasteiger partial charge on any atom is 0.0315 e. The average molecular weight is 185 g/mol. The standard InChI is InChI=1S/C14H17/c1-6-12-13(10(2)3)8-7-9-14(12)11(4)5/h1,7-10H,2-5H3. The molecule has 0 aromatic heterocycles. The molecule has 0 amide bonds. The van der Waals surface area contributed by atoms with Crippen LogP contribution < -0.4 is 0 Å². The van der Waals surface area contributed by atoms with Crippen molar-refractivity contribution in [1.82, 2.24) is 0 Å². The second-order valence-corrected chi connectivity index (χ2v) is 4.07. The summed E-state index contributed by atoms with van der Waals surface area (Å²) in [5.74, 6) is 4.57. The van der Waals surface area contributed by atoms with Crippen molar-refractivity contribution < 1.29 is 0 Å². The highest BCUT2D eigenvalue weighted by Gasteiger charge is 2.11. The minimum atomic E-state index is 0.486. The summed E-state index contributed by atoms with van der Waals surface area (Å²) in [5.41, 5.74) is 3.53. The van der Waals surface area contributed by atoms with Gasteiger partial charge in [0.1, 0.15) is 0 Å². The predicted molar refractivity (Wildman–Crippen MR) is 62.2 cm³/mol. The highest BCUT2D eigenvalue weighted by Crippen LogP contribution is 2.26. The molecule has 1 radical (unpaired) electrons. The first-order valence-electron chi connectivity index (χ1n) is 4.98. The summed E-state index contributed by atoms with van der Waals surface area (Å²) in [6, 6.07) is 6.29. The van der Waals surface area contributed by atoms with Gasteiger partial charge in [0.2, 0.25) is 0 Å². The molecular formula is C14H17. The molecule has 0 aliphatic carbocycles. The zero-order valence-corrected chi connectivity index (χ0v) is 9.39. The highest BCUT2D eigenvalue weighted by molar-refractivity contribution is 5.52. The van der Waals surface area contributed by atoms with Crippen molar-refractivity contribution in [2.24, 2.45) is 0 Å². The van der Waals surface area contributed by atoms with Gasteiger partial charge in [-0.1, -0.05) is 51.8 Å². The predicted octanol–water partition coefficient (Wildman–Crippen LogP) is 3.75. The molecule has 73 valence electrons. The fourth-order valence-electron chi connectivity index (χ4n) is 1.63. The lowest BCUT2D eigenvalue weighted by Gasteiger charge is -2.14. The van der Waals surface area contributed by atoms with E-state index in [0.717, 1.165) is 5.56 Å².